The molecule has 2 rings (SSSR count). The van der Waals surface area contributed by atoms with Crippen molar-refractivity contribution in [2.24, 2.45) is 0 Å². The van der Waals surface area contributed by atoms with E-state index in [0.29, 0.717) is 24.1 Å². The fourth-order valence-electron chi connectivity index (χ4n) is 2.20. The Bertz CT molecular complexity index is 652. The molecule has 1 amide bonds. The Balaban J connectivity index is 1.90. The summed E-state index contributed by atoms with van der Waals surface area (Å²) in [5, 5.41) is 21.3. The smallest absolute Gasteiger partial charge is 0.303 e. The van der Waals surface area contributed by atoms with E-state index in [-0.39, 0.29) is 6.42 Å². The molecule has 2 aromatic rings. The number of carbonyl (C=O) groups is 2. The first-order valence-corrected chi connectivity index (χ1v) is 7.41. The van der Waals surface area contributed by atoms with Crippen LogP contribution in [0.3, 0.4) is 0 Å². The number of aliphatic carboxylic acids is 1. The fourth-order valence-corrected chi connectivity index (χ4v) is 2.20. The summed E-state index contributed by atoms with van der Waals surface area (Å²) in [6.45, 7) is 0. The molecule has 0 aliphatic carbocycles. The average molecular weight is 313 g/mol. The third-order valence-electron chi connectivity index (χ3n) is 3.44. The lowest BCUT2D eigenvalue weighted by Crippen LogP contribution is -2.20. The van der Waals surface area contributed by atoms with Crippen LogP contribution in [0.5, 0.6) is 0 Å². The van der Waals surface area contributed by atoms with Gasteiger partial charge in [0.15, 0.2) is 6.10 Å². The van der Waals surface area contributed by atoms with Crippen molar-refractivity contribution in [1.82, 2.24) is 0 Å². The maximum atomic E-state index is 12.0. The first-order valence-electron chi connectivity index (χ1n) is 7.41. The Morgan fingerprint density at radius 3 is 2.26 bits per heavy atom. The van der Waals surface area contributed by atoms with E-state index in [1.54, 1.807) is 36.4 Å². The highest BCUT2D eigenvalue weighted by atomic mass is 16.4. The van der Waals surface area contributed by atoms with Gasteiger partial charge in [-0.3, -0.25) is 9.59 Å². The van der Waals surface area contributed by atoms with Crippen LogP contribution in [0.15, 0.2) is 54.6 Å². The number of hydrogen-bond donors (Lipinski definition) is 3. The molecule has 2 aromatic carbocycles. The van der Waals surface area contributed by atoms with Gasteiger partial charge < -0.3 is 15.5 Å². The van der Waals surface area contributed by atoms with Gasteiger partial charge >= 0.3 is 5.97 Å². The number of benzene rings is 2. The normalized spacial score (nSPS) is 11.7. The Labute approximate surface area is 134 Å². The van der Waals surface area contributed by atoms with Gasteiger partial charge in [0.1, 0.15) is 0 Å². The van der Waals surface area contributed by atoms with Gasteiger partial charge in [-0.1, -0.05) is 42.5 Å². The zero-order valence-electron chi connectivity index (χ0n) is 12.6. The van der Waals surface area contributed by atoms with Crippen molar-refractivity contribution in [3.63, 3.8) is 0 Å². The molecule has 0 saturated heterocycles. The summed E-state index contributed by atoms with van der Waals surface area (Å²) in [6.07, 6.45) is 0.175. The molecule has 23 heavy (non-hydrogen) atoms. The second kappa shape index (κ2) is 8.10. The number of rotatable bonds is 7. The number of carboxylic acids is 1. The van der Waals surface area contributed by atoms with Gasteiger partial charge in [0.25, 0.3) is 5.91 Å². The van der Waals surface area contributed by atoms with Gasteiger partial charge in [0.2, 0.25) is 0 Å². The van der Waals surface area contributed by atoms with Crippen molar-refractivity contribution < 1.29 is 19.8 Å². The molecule has 120 valence electrons. The molecule has 0 radical (unpaired) electrons. The molecular formula is C18H19NO4. The van der Waals surface area contributed by atoms with Crippen LogP contribution in [0.4, 0.5) is 5.69 Å². The van der Waals surface area contributed by atoms with E-state index < -0.39 is 18.0 Å². The van der Waals surface area contributed by atoms with E-state index in [0.717, 1.165) is 5.56 Å². The molecule has 5 nitrogen and oxygen atoms in total. The second-order valence-corrected chi connectivity index (χ2v) is 5.25. The topological polar surface area (TPSA) is 86.6 Å². The summed E-state index contributed by atoms with van der Waals surface area (Å²) >= 11 is 0. The van der Waals surface area contributed by atoms with Crippen molar-refractivity contribution in [2.45, 2.75) is 25.4 Å². The molecule has 3 N–H and O–H groups in total. The number of aliphatic hydroxyl groups excluding tert-OH is 1. The summed E-state index contributed by atoms with van der Waals surface area (Å²) < 4.78 is 0. The van der Waals surface area contributed by atoms with E-state index in [1.807, 2.05) is 18.2 Å². The minimum absolute atomic E-state index is 0.141. The summed E-state index contributed by atoms with van der Waals surface area (Å²) in [5.41, 5.74) is 2.13. The monoisotopic (exact) mass is 313 g/mol. The third-order valence-corrected chi connectivity index (χ3v) is 3.44. The number of aryl methyl sites for hydroxylation is 1. The standard InChI is InChI=1S/C18H19NO4/c20-16(21)8-4-5-13-9-11-15(12-10-13)19-18(23)17(22)14-6-2-1-3-7-14/h1-3,6-7,9-12,17,22H,4-5,8H2,(H,19,23)(H,20,21). The SMILES string of the molecule is O=C(O)CCCc1ccc(NC(=O)C(O)c2ccccc2)cc1. The largest absolute Gasteiger partial charge is 0.481 e. The maximum Gasteiger partial charge on any atom is 0.303 e. The van der Waals surface area contributed by atoms with Crippen LogP contribution in [0.2, 0.25) is 0 Å². The van der Waals surface area contributed by atoms with E-state index >= 15 is 0 Å². The van der Waals surface area contributed by atoms with Gasteiger partial charge in [0.05, 0.1) is 0 Å². The van der Waals surface area contributed by atoms with Crippen LogP contribution in [-0.4, -0.2) is 22.1 Å². The average Bonchev–Trinajstić information content (AvgIpc) is 2.56. The van der Waals surface area contributed by atoms with Gasteiger partial charge in [-0.05, 0) is 36.1 Å². The highest BCUT2D eigenvalue weighted by Crippen LogP contribution is 2.17. The van der Waals surface area contributed by atoms with Gasteiger partial charge in [0, 0.05) is 12.1 Å². The Morgan fingerprint density at radius 1 is 1.00 bits per heavy atom. The molecule has 0 aliphatic rings. The van der Waals surface area contributed by atoms with Crippen LogP contribution in [0, 0.1) is 0 Å². The zero-order valence-corrected chi connectivity index (χ0v) is 12.6. The molecule has 0 aromatic heterocycles. The molecule has 0 fully saturated rings. The lowest BCUT2D eigenvalue weighted by Gasteiger charge is -2.12. The van der Waals surface area contributed by atoms with Crippen LogP contribution in [0.1, 0.15) is 30.1 Å². The van der Waals surface area contributed by atoms with Crippen LogP contribution < -0.4 is 5.32 Å². The number of aliphatic hydroxyl groups is 1. The zero-order chi connectivity index (χ0) is 16.7. The molecule has 5 heteroatoms. The number of carboxylic acid groups (broad SMARTS) is 1. The Kier molecular flexibility index (Phi) is 5.88. The van der Waals surface area contributed by atoms with Crippen molar-refractivity contribution in [3.05, 3.63) is 65.7 Å². The third kappa shape index (κ3) is 5.23. The molecule has 1 unspecified atom stereocenters. The van der Waals surface area contributed by atoms with Gasteiger partial charge in [-0.25, -0.2) is 0 Å². The van der Waals surface area contributed by atoms with E-state index in [1.165, 1.54) is 0 Å². The summed E-state index contributed by atoms with van der Waals surface area (Å²) in [6, 6.07) is 15.9. The van der Waals surface area contributed by atoms with Gasteiger partial charge in [-0.2, -0.15) is 0 Å². The van der Waals surface area contributed by atoms with Crippen molar-refractivity contribution >= 4 is 17.6 Å². The molecule has 0 spiro atoms. The number of amides is 1. The molecule has 1 atom stereocenters. The Morgan fingerprint density at radius 2 is 1.65 bits per heavy atom. The number of nitrogens with one attached hydrogen (secondary N) is 1. The van der Waals surface area contributed by atoms with E-state index in [2.05, 4.69) is 5.32 Å². The van der Waals surface area contributed by atoms with Crippen LogP contribution >= 0.6 is 0 Å². The van der Waals surface area contributed by atoms with Crippen LogP contribution in [0.25, 0.3) is 0 Å². The predicted molar refractivity (Wildman–Crippen MR) is 87.0 cm³/mol. The molecule has 0 bridgehead atoms. The van der Waals surface area contributed by atoms with E-state index in [9.17, 15) is 14.7 Å². The summed E-state index contributed by atoms with van der Waals surface area (Å²) in [7, 11) is 0. The Hall–Kier alpha value is -2.66. The summed E-state index contributed by atoms with van der Waals surface area (Å²) in [5.74, 6) is -1.29. The van der Waals surface area contributed by atoms with Gasteiger partial charge in [-0.15, -0.1) is 0 Å². The maximum absolute atomic E-state index is 12.0. The molecule has 0 saturated carbocycles. The summed E-state index contributed by atoms with van der Waals surface area (Å²) in [4.78, 5) is 22.5. The quantitative estimate of drug-likeness (QED) is 0.733. The van der Waals surface area contributed by atoms with E-state index in [4.69, 9.17) is 5.11 Å². The lowest BCUT2D eigenvalue weighted by molar-refractivity contribution is -0.137. The fraction of sp³-hybridized carbons (Fsp3) is 0.222. The molecular weight excluding hydrogens is 294 g/mol. The molecule has 0 heterocycles. The number of carbonyl (C=O) groups excluding carboxylic acids is 1. The number of hydrogen-bond acceptors (Lipinski definition) is 3. The first-order chi connectivity index (χ1) is 11.1. The molecule has 0 aliphatic heterocycles. The highest BCUT2D eigenvalue weighted by molar-refractivity contribution is 5.94. The number of anilines is 1. The van der Waals surface area contributed by atoms with Crippen molar-refractivity contribution in [1.29, 1.82) is 0 Å². The minimum Gasteiger partial charge on any atom is -0.481 e. The second-order valence-electron chi connectivity index (χ2n) is 5.25. The van der Waals surface area contributed by atoms with Crippen molar-refractivity contribution in [2.75, 3.05) is 5.32 Å². The lowest BCUT2D eigenvalue weighted by atomic mass is 10.1. The predicted octanol–water partition coefficient (Wildman–Crippen LogP) is 2.77. The first kappa shape index (κ1) is 16.7. The minimum atomic E-state index is -1.22. The van der Waals surface area contributed by atoms with Crippen LogP contribution in [-0.2, 0) is 16.0 Å². The van der Waals surface area contributed by atoms with Crippen molar-refractivity contribution in [3.8, 4) is 0 Å². The highest BCUT2D eigenvalue weighted by Gasteiger charge is 2.16.